The molecule has 1 aromatic heterocycles. The maximum absolute atomic E-state index is 12.0. The van der Waals surface area contributed by atoms with Crippen LogP contribution >= 0.6 is 35.4 Å². The highest BCUT2D eigenvalue weighted by Crippen LogP contribution is 2.29. The number of thiocarbonyl (C=S) groups is 1. The number of halogens is 2. The average Bonchev–Trinajstić information content (AvgIpc) is 2.44. The Bertz CT molecular complexity index is 674. The van der Waals surface area contributed by atoms with Crippen molar-refractivity contribution in [3.8, 4) is 0 Å². The number of hydrogen-bond donors (Lipinski definition) is 2. The molecule has 0 radical (unpaired) electrons. The van der Waals surface area contributed by atoms with Crippen LogP contribution in [0.15, 0.2) is 36.5 Å². The fraction of sp³-hybridized carbons (Fsp3) is 0. The lowest BCUT2D eigenvalue weighted by molar-refractivity contribution is 0.102. The molecule has 0 aliphatic rings. The number of nitrogens with zero attached hydrogens (tertiary/aromatic N) is 1. The second-order valence-corrected chi connectivity index (χ2v) is 5.08. The van der Waals surface area contributed by atoms with Gasteiger partial charge in [-0.25, -0.2) is 0 Å². The topological polar surface area (TPSA) is 68.0 Å². The summed E-state index contributed by atoms with van der Waals surface area (Å²) in [6.07, 6.45) is 1.44. The predicted octanol–water partition coefficient (Wildman–Crippen LogP) is 3.27. The van der Waals surface area contributed by atoms with Gasteiger partial charge in [0.15, 0.2) is 0 Å². The molecule has 0 aliphatic heterocycles. The zero-order valence-corrected chi connectivity index (χ0v) is 12.4. The van der Waals surface area contributed by atoms with E-state index >= 15 is 0 Å². The third-order valence-electron chi connectivity index (χ3n) is 2.48. The molecular formula is C13H9Cl2N3OS. The number of nitrogens with two attached hydrogens (primary N) is 1. The lowest BCUT2D eigenvalue weighted by Gasteiger charge is -2.08. The minimum atomic E-state index is -0.399. The van der Waals surface area contributed by atoms with Crippen LogP contribution in [0.5, 0.6) is 0 Å². The third-order valence-corrected chi connectivity index (χ3v) is 3.54. The van der Waals surface area contributed by atoms with E-state index in [9.17, 15) is 4.79 Å². The summed E-state index contributed by atoms with van der Waals surface area (Å²) in [4.78, 5) is 16.2. The molecule has 0 saturated heterocycles. The number of carbonyl (C=O) groups is 1. The number of aromatic nitrogens is 1. The Kier molecular flexibility index (Phi) is 4.54. The van der Waals surface area contributed by atoms with Crippen molar-refractivity contribution in [2.45, 2.75) is 0 Å². The van der Waals surface area contributed by atoms with Crippen LogP contribution in [0.1, 0.15) is 16.1 Å². The molecule has 0 aliphatic carbocycles. The average molecular weight is 326 g/mol. The summed E-state index contributed by atoms with van der Waals surface area (Å²) in [5.41, 5.74) is 6.70. The molecule has 102 valence electrons. The number of nitrogens with one attached hydrogen (secondary N) is 1. The van der Waals surface area contributed by atoms with E-state index in [1.807, 2.05) is 0 Å². The molecule has 2 aromatic rings. The highest BCUT2D eigenvalue weighted by molar-refractivity contribution is 7.80. The number of carbonyl (C=O) groups excluding carboxylic acids is 1. The standard InChI is InChI=1S/C13H9Cl2N3OS/c14-8-2-1-3-9(11(8)15)18-13(19)10-5-4-7(6-17-10)12(16)20/h1-6H,(H2,16,20)(H,18,19). The normalized spacial score (nSPS) is 10.1. The molecule has 0 fully saturated rings. The van der Waals surface area contributed by atoms with Gasteiger partial charge < -0.3 is 11.1 Å². The highest BCUT2D eigenvalue weighted by atomic mass is 35.5. The number of benzene rings is 1. The van der Waals surface area contributed by atoms with E-state index in [1.54, 1.807) is 24.3 Å². The maximum atomic E-state index is 12.0. The summed E-state index contributed by atoms with van der Waals surface area (Å²) in [5, 5.41) is 3.28. The van der Waals surface area contributed by atoms with Gasteiger partial charge in [-0.1, -0.05) is 41.5 Å². The fourth-order valence-electron chi connectivity index (χ4n) is 1.46. The summed E-state index contributed by atoms with van der Waals surface area (Å²) in [7, 11) is 0. The van der Waals surface area contributed by atoms with Crippen molar-refractivity contribution in [3.63, 3.8) is 0 Å². The van der Waals surface area contributed by atoms with E-state index in [0.29, 0.717) is 16.3 Å². The number of hydrogen-bond acceptors (Lipinski definition) is 3. The molecule has 4 nitrogen and oxygen atoms in total. The smallest absolute Gasteiger partial charge is 0.274 e. The van der Waals surface area contributed by atoms with Gasteiger partial charge in [0.1, 0.15) is 10.7 Å². The molecule has 0 unspecified atom stereocenters. The van der Waals surface area contributed by atoms with Crippen LogP contribution in [0.4, 0.5) is 5.69 Å². The van der Waals surface area contributed by atoms with Gasteiger partial charge in [-0.3, -0.25) is 9.78 Å². The van der Waals surface area contributed by atoms with Crippen LogP contribution in [0.3, 0.4) is 0 Å². The van der Waals surface area contributed by atoms with Gasteiger partial charge in [-0.15, -0.1) is 0 Å². The molecule has 20 heavy (non-hydrogen) atoms. The van der Waals surface area contributed by atoms with E-state index in [-0.39, 0.29) is 15.7 Å². The number of anilines is 1. The zero-order chi connectivity index (χ0) is 14.7. The Morgan fingerprint density at radius 3 is 2.60 bits per heavy atom. The first-order chi connectivity index (χ1) is 9.49. The maximum Gasteiger partial charge on any atom is 0.274 e. The van der Waals surface area contributed by atoms with Crippen molar-refractivity contribution in [1.82, 2.24) is 4.98 Å². The SMILES string of the molecule is NC(=S)c1ccc(C(=O)Nc2cccc(Cl)c2Cl)nc1. The van der Waals surface area contributed by atoms with Crippen LogP contribution in [-0.4, -0.2) is 15.9 Å². The van der Waals surface area contributed by atoms with Crippen molar-refractivity contribution in [2.75, 3.05) is 5.32 Å². The summed E-state index contributed by atoms with van der Waals surface area (Å²) in [6, 6.07) is 8.13. The summed E-state index contributed by atoms with van der Waals surface area (Å²) >= 11 is 16.7. The van der Waals surface area contributed by atoms with Gasteiger partial charge in [0, 0.05) is 11.8 Å². The van der Waals surface area contributed by atoms with E-state index in [0.717, 1.165) is 0 Å². The van der Waals surface area contributed by atoms with Crippen LogP contribution < -0.4 is 11.1 Å². The molecule has 0 saturated carbocycles. The summed E-state index contributed by atoms with van der Waals surface area (Å²) in [5.74, 6) is -0.399. The van der Waals surface area contributed by atoms with Gasteiger partial charge in [-0.05, 0) is 24.3 Å². The summed E-state index contributed by atoms with van der Waals surface area (Å²) < 4.78 is 0. The molecule has 7 heteroatoms. The first-order valence-corrected chi connectivity index (χ1v) is 6.66. The van der Waals surface area contributed by atoms with E-state index in [4.69, 9.17) is 41.2 Å². The van der Waals surface area contributed by atoms with Gasteiger partial charge in [0.05, 0.1) is 15.7 Å². The molecule has 3 N–H and O–H groups in total. The minimum absolute atomic E-state index is 0.223. The molecular weight excluding hydrogens is 317 g/mol. The Hall–Kier alpha value is -1.69. The van der Waals surface area contributed by atoms with Crippen LogP contribution in [-0.2, 0) is 0 Å². The van der Waals surface area contributed by atoms with Crippen molar-refractivity contribution in [1.29, 1.82) is 0 Å². The molecule has 1 aromatic carbocycles. The number of rotatable bonds is 3. The Morgan fingerprint density at radius 2 is 2.00 bits per heavy atom. The molecule has 1 heterocycles. The van der Waals surface area contributed by atoms with Crippen LogP contribution in [0, 0.1) is 0 Å². The van der Waals surface area contributed by atoms with Crippen molar-refractivity contribution in [3.05, 3.63) is 57.8 Å². The Labute approximate surface area is 130 Å². The van der Waals surface area contributed by atoms with Crippen LogP contribution in [0.25, 0.3) is 0 Å². The van der Waals surface area contributed by atoms with Crippen molar-refractivity contribution < 1.29 is 4.79 Å². The second kappa shape index (κ2) is 6.17. The zero-order valence-electron chi connectivity index (χ0n) is 10.1. The first kappa shape index (κ1) is 14.7. The third kappa shape index (κ3) is 3.25. The van der Waals surface area contributed by atoms with Crippen molar-refractivity contribution >= 4 is 52.0 Å². The lowest BCUT2D eigenvalue weighted by Crippen LogP contribution is -2.15. The van der Waals surface area contributed by atoms with Gasteiger partial charge in [-0.2, -0.15) is 0 Å². The first-order valence-electron chi connectivity index (χ1n) is 5.50. The van der Waals surface area contributed by atoms with Gasteiger partial charge in [0.25, 0.3) is 5.91 Å². The molecule has 1 amide bonds. The van der Waals surface area contributed by atoms with E-state index in [2.05, 4.69) is 10.3 Å². The second-order valence-electron chi connectivity index (χ2n) is 3.85. The van der Waals surface area contributed by atoms with Crippen molar-refractivity contribution in [2.24, 2.45) is 5.73 Å². The predicted molar refractivity (Wildman–Crippen MR) is 84.5 cm³/mol. The molecule has 0 atom stereocenters. The molecule has 2 rings (SSSR count). The monoisotopic (exact) mass is 325 g/mol. The van der Waals surface area contributed by atoms with E-state index in [1.165, 1.54) is 12.3 Å². The quantitative estimate of drug-likeness (QED) is 0.850. The number of pyridine rings is 1. The van der Waals surface area contributed by atoms with Gasteiger partial charge in [0.2, 0.25) is 0 Å². The number of amides is 1. The highest BCUT2D eigenvalue weighted by Gasteiger charge is 2.11. The minimum Gasteiger partial charge on any atom is -0.389 e. The summed E-state index contributed by atoms with van der Waals surface area (Å²) in [6.45, 7) is 0. The molecule has 0 spiro atoms. The lowest BCUT2D eigenvalue weighted by atomic mass is 10.2. The largest absolute Gasteiger partial charge is 0.389 e. The van der Waals surface area contributed by atoms with E-state index < -0.39 is 5.91 Å². The fourth-order valence-corrected chi connectivity index (χ4v) is 1.93. The Balaban J connectivity index is 2.20. The van der Waals surface area contributed by atoms with Gasteiger partial charge >= 0.3 is 0 Å². The Morgan fingerprint density at radius 1 is 1.25 bits per heavy atom. The molecule has 0 bridgehead atoms. The van der Waals surface area contributed by atoms with Crippen LogP contribution in [0.2, 0.25) is 10.0 Å².